The second-order valence-electron chi connectivity index (χ2n) is 1.62. The number of rotatable bonds is 0. The number of phenols is 1. The number of benzene rings is 1. The summed E-state index contributed by atoms with van der Waals surface area (Å²) in [5, 5.41) is 8.63. The van der Waals surface area contributed by atoms with Crippen LogP contribution in [0.25, 0.3) is 0 Å². The van der Waals surface area contributed by atoms with Crippen LogP contribution in [0.3, 0.4) is 0 Å². The Labute approximate surface area is 76.1 Å². The van der Waals surface area contributed by atoms with Gasteiger partial charge in [0.25, 0.3) is 0 Å². The minimum absolute atomic E-state index is 0.322. The van der Waals surface area contributed by atoms with E-state index in [0.29, 0.717) is 5.75 Å². The summed E-state index contributed by atoms with van der Waals surface area (Å²) in [6.45, 7) is 0. The normalized spacial score (nSPS) is 7.82. The molecular weight excluding hydrogens is 180 g/mol. The molecule has 1 aromatic rings. The quantitative estimate of drug-likeness (QED) is 0.547. The maximum Gasteiger partial charge on any atom is 0.239 e. The number of hydrogen-bond acceptors (Lipinski definition) is 2. The topological polar surface area (TPSA) is 37.3 Å². The van der Waals surface area contributed by atoms with Crippen molar-refractivity contribution in [2.24, 2.45) is 0 Å². The zero-order chi connectivity index (χ0) is 8.69. The fraction of sp³-hybridized carbons (Fsp3) is 0. The van der Waals surface area contributed by atoms with Crippen LogP contribution in [0.5, 0.6) is 5.75 Å². The second kappa shape index (κ2) is 6.12. The molecule has 0 aliphatic heterocycles. The van der Waals surface area contributed by atoms with Crippen molar-refractivity contribution in [1.29, 1.82) is 0 Å². The first-order valence-electron chi connectivity index (χ1n) is 2.79. The number of carbonyl (C=O) groups excluding carboxylic acids is 1. The van der Waals surface area contributed by atoms with Crippen LogP contribution in [-0.4, -0.2) is 9.55 Å². The van der Waals surface area contributed by atoms with Gasteiger partial charge in [-0.15, -0.1) is 0 Å². The van der Waals surface area contributed by atoms with Crippen LogP contribution >= 0.6 is 25.3 Å². The van der Waals surface area contributed by atoms with Gasteiger partial charge in [0, 0.05) is 0 Å². The van der Waals surface area contributed by atoms with Crippen molar-refractivity contribution in [2.75, 3.05) is 0 Å². The van der Waals surface area contributed by atoms with E-state index >= 15 is 0 Å². The molecule has 0 amide bonds. The Hall–Kier alpha value is -0.610. The second-order valence-corrected chi connectivity index (χ2v) is 2.78. The average molecular weight is 188 g/mol. The molecule has 0 radical (unpaired) electrons. The van der Waals surface area contributed by atoms with Crippen molar-refractivity contribution < 1.29 is 9.90 Å². The summed E-state index contributed by atoms with van der Waals surface area (Å²) in [5.41, 5.74) is 0. The van der Waals surface area contributed by atoms with Gasteiger partial charge in [-0.2, -0.15) is 0 Å². The predicted molar refractivity (Wildman–Crippen MR) is 51.5 cm³/mol. The molecule has 0 heterocycles. The van der Waals surface area contributed by atoms with E-state index in [1.807, 2.05) is 6.07 Å². The summed E-state index contributed by atoms with van der Waals surface area (Å²) in [4.78, 5) is 9.17. The fourth-order valence-corrected chi connectivity index (χ4v) is 0.428. The smallest absolute Gasteiger partial charge is 0.239 e. The number of phenolic OH excluding ortho intramolecular Hbond substituents is 1. The molecule has 60 valence electrons. The Morgan fingerprint density at radius 3 is 1.73 bits per heavy atom. The SMILES string of the molecule is O=C(S)S.Oc1ccccc1. The van der Waals surface area contributed by atoms with Gasteiger partial charge >= 0.3 is 0 Å². The summed E-state index contributed by atoms with van der Waals surface area (Å²) in [6, 6.07) is 8.71. The van der Waals surface area contributed by atoms with Gasteiger partial charge in [-0.05, 0) is 12.1 Å². The van der Waals surface area contributed by atoms with E-state index < -0.39 is 4.45 Å². The molecule has 4 heteroatoms. The summed E-state index contributed by atoms with van der Waals surface area (Å²) >= 11 is 6.38. The van der Waals surface area contributed by atoms with Gasteiger partial charge in [0.05, 0.1) is 0 Å². The molecule has 1 rings (SSSR count). The number of para-hydroxylation sites is 1. The lowest BCUT2D eigenvalue weighted by atomic mass is 10.3. The van der Waals surface area contributed by atoms with E-state index in [9.17, 15) is 4.79 Å². The third kappa shape index (κ3) is 9.39. The highest BCUT2D eigenvalue weighted by molar-refractivity contribution is 8.23. The van der Waals surface area contributed by atoms with Crippen molar-refractivity contribution in [1.82, 2.24) is 0 Å². The fourth-order valence-electron chi connectivity index (χ4n) is 0.428. The maximum absolute atomic E-state index is 9.17. The first kappa shape index (κ1) is 10.4. The number of aromatic hydroxyl groups is 1. The summed E-state index contributed by atoms with van der Waals surface area (Å²) in [7, 11) is 0. The van der Waals surface area contributed by atoms with E-state index in [1.54, 1.807) is 24.3 Å². The first-order chi connectivity index (χ1) is 5.13. The number of thiol groups is 2. The van der Waals surface area contributed by atoms with Gasteiger partial charge in [-0.1, -0.05) is 43.5 Å². The molecule has 2 nitrogen and oxygen atoms in total. The monoisotopic (exact) mass is 188 g/mol. The Balaban J connectivity index is 0.000000218. The van der Waals surface area contributed by atoms with Crippen LogP contribution in [0.4, 0.5) is 4.79 Å². The lowest BCUT2D eigenvalue weighted by Gasteiger charge is -1.82. The number of hydrogen-bond donors (Lipinski definition) is 3. The highest BCUT2D eigenvalue weighted by atomic mass is 32.2. The molecule has 1 N–H and O–H groups in total. The largest absolute Gasteiger partial charge is 0.508 e. The molecule has 0 bridgehead atoms. The third-order valence-electron chi connectivity index (χ3n) is 0.756. The lowest BCUT2D eigenvalue weighted by Crippen LogP contribution is -1.56. The zero-order valence-corrected chi connectivity index (χ0v) is 7.43. The van der Waals surface area contributed by atoms with E-state index in [4.69, 9.17) is 5.11 Å². The molecule has 0 aliphatic rings. The van der Waals surface area contributed by atoms with Crippen molar-refractivity contribution in [3.63, 3.8) is 0 Å². The number of carbonyl (C=O) groups is 1. The molecule has 0 spiro atoms. The van der Waals surface area contributed by atoms with Crippen LogP contribution < -0.4 is 0 Å². The van der Waals surface area contributed by atoms with Crippen molar-refractivity contribution in [2.45, 2.75) is 0 Å². The van der Waals surface area contributed by atoms with Crippen LogP contribution in [0, 0.1) is 0 Å². The van der Waals surface area contributed by atoms with E-state index in [0.717, 1.165) is 0 Å². The molecule has 0 saturated carbocycles. The highest BCUT2D eigenvalue weighted by Crippen LogP contribution is 2.02. The Bertz CT molecular complexity index is 207. The predicted octanol–water partition coefficient (Wildman–Crippen LogP) is 2.36. The van der Waals surface area contributed by atoms with Crippen molar-refractivity contribution >= 4 is 29.7 Å². The molecule has 0 unspecified atom stereocenters. The Morgan fingerprint density at radius 2 is 1.55 bits per heavy atom. The van der Waals surface area contributed by atoms with Crippen LogP contribution in [0.15, 0.2) is 30.3 Å². The molecular formula is C7H8O2S2. The van der Waals surface area contributed by atoms with Gasteiger partial charge in [0.15, 0.2) is 0 Å². The minimum Gasteiger partial charge on any atom is -0.508 e. The molecule has 0 saturated heterocycles. The molecule has 0 atom stereocenters. The van der Waals surface area contributed by atoms with Gasteiger partial charge in [0.1, 0.15) is 5.75 Å². The molecule has 11 heavy (non-hydrogen) atoms. The Morgan fingerprint density at radius 1 is 1.18 bits per heavy atom. The van der Waals surface area contributed by atoms with Gasteiger partial charge in [0.2, 0.25) is 4.45 Å². The summed E-state index contributed by atoms with van der Waals surface area (Å²) in [5.74, 6) is 0.322. The molecule has 0 fully saturated rings. The van der Waals surface area contributed by atoms with E-state index in [1.165, 1.54) is 0 Å². The lowest BCUT2D eigenvalue weighted by molar-refractivity contribution is 0.277. The van der Waals surface area contributed by atoms with Crippen molar-refractivity contribution in [3.05, 3.63) is 30.3 Å². The Kier molecular flexibility index (Phi) is 5.78. The highest BCUT2D eigenvalue weighted by Gasteiger charge is 1.74. The van der Waals surface area contributed by atoms with Gasteiger partial charge in [-0.25, -0.2) is 0 Å². The van der Waals surface area contributed by atoms with E-state index in [2.05, 4.69) is 25.3 Å². The summed E-state index contributed by atoms with van der Waals surface area (Å²) in [6.07, 6.45) is 0. The molecule has 0 aromatic heterocycles. The third-order valence-corrected chi connectivity index (χ3v) is 0.756. The first-order valence-corrected chi connectivity index (χ1v) is 3.68. The molecule has 1 aromatic carbocycles. The van der Waals surface area contributed by atoms with Gasteiger partial charge < -0.3 is 5.11 Å². The van der Waals surface area contributed by atoms with Crippen LogP contribution in [-0.2, 0) is 0 Å². The maximum atomic E-state index is 9.17. The van der Waals surface area contributed by atoms with Crippen LogP contribution in [0.2, 0.25) is 0 Å². The zero-order valence-electron chi connectivity index (χ0n) is 5.64. The minimum atomic E-state index is -0.444. The van der Waals surface area contributed by atoms with Crippen LogP contribution in [0.1, 0.15) is 0 Å². The van der Waals surface area contributed by atoms with Gasteiger partial charge in [-0.3, -0.25) is 4.79 Å². The standard InChI is InChI=1S/C6H6O.CH2OS2/c7-6-4-2-1-3-5-6;2-1(3)4/h1-5,7H;(H2,2,3,4). The summed E-state index contributed by atoms with van der Waals surface area (Å²) < 4.78 is -0.444. The van der Waals surface area contributed by atoms with Crippen molar-refractivity contribution in [3.8, 4) is 5.75 Å². The molecule has 0 aliphatic carbocycles. The average Bonchev–Trinajstić information content (AvgIpc) is 1.87. The van der Waals surface area contributed by atoms with E-state index in [-0.39, 0.29) is 0 Å².